The Bertz CT molecular complexity index is 733. The quantitative estimate of drug-likeness (QED) is 0.598. The molecule has 0 aromatic heterocycles. The summed E-state index contributed by atoms with van der Waals surface area (Å²) in [7, 11) is 1.34. The van der Waals surface area contributed by atoms with Gasteiger partial charge in [-0.3, -0.25) is 5.43 Å². The van der Waals surface area contributed by atoms with Gasteiger partial charge in [-0.05, 0) is 48.0 Å². The van der Waals surface area contributed by atoms with Gasteiger partial charge in [0.1, 0.15) is 0 Å². The lowest BCUT2D eigenvalue weighted by Gasteiger charge is -2.10. The first-order valence-corrected chi connectivity index (χ1v) is 6.75. The van der Waals surface area contributed by atoms with E-state index in [9.17, 15) is 13.6 Å². The van der Waals surface area contributed by atoms with E-state index >= 15 is 0 Å². The molecule has 0 saturated heterocycles. The average Bonchev–Trinajstić information content (AvgIpc) is 2.56. The summed E-state index contributed by atoms with van der Waals surface area (Å²) in [6.45, 7) is -2.94. The molecular formula is C16H14F2N2O4. The molecule has 0 radical (unpaired) electrons. The Labute approximate surface area is 136 Å². The van der Waals surface area contributed by atoms with Gasteiger partial charge in [0.2, 0.25) is 0 Å². The van der Waals surface area contributed by atoms with Crippen molar-refractivity contribution in [2.24, 2.45) is 5.10 Å². The predicted molar refractivity (Wildman–Crippen MR) is 84.2 cm³/mol. The van der Waals surface area contributed by atoms with Crippen LogP contribution in [0.1, 0.15) is 15.9 Å². The molecule has 2 aromatic rings. The number of anilines is 1. The molecule has 0 fully saturated rings. The smallest absolute Gasteiger partial charge is 0.387 e. The summed E-state index contributed by atoms with van der Waals surface area (Å²) >= 11 is 0. The number of ether oxygens (including phenoxy) is 2. The summed E-state index contributed by atoms with van der Waals surface area (Å²) < 4.78 is 33.8. The van der Waals surface area contributed by atoms with Gasteiger partial charge >= 0.3 is 12.6 Å². The first-order valence-electron chi connectivity index (χ1n) is 6.75. The molecule has 0 saturated carbocycles. The Kier molecular flexibility index (Phi) is 5.67. The van der Waals surface area contributed by atoms with E-state index in [1.807, 2.05) is 0 Å². The maximum absolute atomic E-state index is 12.3. The highest BCUT2D eigenvalue weighted by molar-refractivity contribution is 5.88. The molecule has 0 aliphatic rings. The van der Waals surface area contributed by atoms with Crippen LogP contribution in [0, 0.1) is 0 Å². The van der Waals surface area contributed by atoms with Crippen LogP contribution in [-0.4, -0.2) is 31.0 Å². The number of methoxy groups -OCH3 is 1. The van der Waals surface area contributed by atoms with E-state index in [1.165, 1.54) is 37.6 Å². The number of rotatable bonds is 7. The molecule has 0 aliphatic heterocycles. The van der Waals surface area contributed by atoms with Crippen LogP contribution in [0.15, 0.2) is 47.6 Å². The molecule has 2 rings (SSSR count). The van der Waals surface area contributed by atoms with Crippen LogP contribution in [0.4, 0.5) is 14.5 Å². The fraction of sp³-hybridized carbons (Fsp3) is 0.125. The van der Waals surface area contributed by atoms with Gasteiger partial charge in [0.25, 0.3) is 0 Å². The van der Waals surface area contributed by atoms with Crippen molar-refractivity contribution in [1.82, 2.24) is 0 Å². The molecule has 0 spiro atoms. The zero-order valence-electron chi connectivity index (χ0n) is 12.6. The Morgan fingerprint density at radius 3 is 2.50 bits per heavy atom. The lowest BCUT2D eigenvalue weighted by atomic mass is 10.2. The van der Waals surface area contributed by atoms with Crippen molar-refractivity contribution in [2.75, 3.05) is 12.5 Å². The molecule has 0 bridgehead atoms. The van der Waals surface area contributed by atoms with Gasteiger partial charge < -0.3 is 14.6 Å². The van der Waals surface area contributed by atoms with Crippen LogP contribution in [-0.2, 0) is 0 Å². The number of hydrazone groups is 1. The van der Waals surface area contributed by atoms with E-state index < -0.39 is 12.6 Å². The van der Waals surface area contributed by atoms with Gasteiger partial charge in [-0.2, -0.15) is 13.9 Å². The molecule has 8 heteroatoms. The molecule has 2 N–H and O–H groups in total. The number of nitrogens with one attached hydrogen (secondary N) is 1. The second-order valence-electron chi connectivity index (χ2n) is 4.54. The molecule has 0 atom stereocenters. The van der Waals surface area contributed by atoms with Gasteiger partial charge in [0, 0.05) is 0 Å². The van der Waals surface area contributed by atoms with Crippen LogP contribution in [0.25, 0.3) is 0 Å². The van der Waals surface area contributed by atoms with E-state index in [0.29, 0.717) is 11.3 Å². The first kappa shape index (κ1) is 17.2. The second kappa shape index (κ2) is 7.91. The van der Waals surface area contributed by atoms with Crippen LogP contribution < -0.4 is 14.9 Å². The molecule has 24 heavy (non-hydrogen) atoms. The fourth-order valence-corrected chi connectivity index (χ4v) is 1.83. The SMILES string of the molecule is COc1cc(/C=N/Nc2ccc(C(=O)O)cc2)ccc1OC(F)F. The Morgan fingerprint density at radius 2 is 1.92 bits per heavy atom. The van der Waals surface area contributed by atoms with Crippen LogP contribution in [0.3, 0.4) is 0 Å². The number of carbonyl (C=O) groups is 1. The average molecular weight is 336 g/mol. The van der Waals surface area contributed by atoms with Crippen LogP contribution >= 0.6 is 0 Å². The molecule has 126 valence electrons. The number of nitrogens with zero attached hydrogens (tertiary/aromatic N) is 1. The molecule has 2 aromatic carbocycles. The highest BCUT2D eigenvalue weighted by Crippen LogP contribution is 2.28. The number of aromatic carboxylic acids is 1. The maximum atomic E-state index is 12.3. The standard InChI is InChI=1S/C16H14F2N2O4/c1-23-14-8-10(2-7-13(14)24-16(17)18)9-19-20-12-5-3-11(4-6-12)15(21)22/h2-9,16,20H,1H3,(H,21,22)/b19-9+. The predicted octanol–water partition coefficient (Wildman–Crippen LogP) is 3.44. The van der Waals surface area contributed by atoms with Crippen molar-refractivity contribution in [1.29, 1.82) is 0 Å². The Morgan fingerprint density at radius 1 is 1.21 bits per heavy atom. The second-order valence-corrected chi connectivity index (χ2v) is 4.54. The lowest BCUT2D eigenvalue weighted by Crippen LogP contribution is -2.03. The zero-order chi connectivity index (χ0) is 17.5. The third-order valence-electron chi connectivity index (χ3n) is 2.94. The van der Waals surface area contributed by atoms with Crippen molar-refractivity contribution < 1.29 is 28.2 Å². The molecule has 0 amide bonds. The van der Waals surface area contributed by atoms with Crippen molar-refractivity contribution in [3.05, 3.63) is 53.6 Å². The number of carboxylic acid groups (broad SMARTS) is 1. The Balaban J connectivity index is 2.04. The van der Waals surface area contributed by atoms with E-state index in [1.54, 1.807) is 18.2 Å². The first-order chi connectivity index (χ1) is 11.5. The third kappa shape index (κ3) is 4.67. The van der Waals surface area contributed by atoms with E-state index in [-0.39, 0.29) is 17.1 Å². The topological polar surface area (TPSA) is 80.2 Å². The summed E-state index contributed by atoms with van der Waals surface area (Å²) in [5, 5.41) is 12.8. The molecule has 0 heterocycles. The minimum absolute atomic E-state index is 0.0677. The normalized spacial score (nSPS) is 10.8. The number of alkyl halides is 2. The van der Waals surface area contributed by atoms with Gasteiger partial charge in [0.05, 0.1) is 24.6 Å². The van der Waals surface area contributed by atoms with Gasteiger partial charge in [0.15, 0.2) is 11.5 Å². The molecule has 0 aliphatic carbocycles. The highest BCUT2D eigenvalue weighted by Gasteiger charge is 2.10. The van der Waals surface area contributed by atoms with Gasteiger partial charge in [-0.15, -0.1) is 0 Å². The van der Waals surface area contributed by atoms with Crippen molar-refractivity contribution in [2.45, 2.75) is 6.61 Å². The van der Waals surface area contributed by atoms with Crippen molar-refractivity contribution >= 4 is 17.9 Å². The van der Waals surface area contributed by atoms with Crippen molar-refractivity contribution in [3.8, 4) is 11.5 Å². The largest absolute Gasteiger partial charge is 0.493 e. The summed E-state index contributed by atoms with van der Waals surface area (Å²) in [4.78, 5) is 10.7. The fourth-order valence-electron chi connectivity index (χ4n) is 1.83. The van der Waals surface area contributed by atoms with Gasteiger partial charge in [-0.1, -0.05) is 0 Å². The summed E-state index contributed by atoms with van der Waals surface area (Å²) in [6.07, 6.45) is 1.46. The summed E-state index contributed by atoms with van der Waals surface area (Å²) in [5.74, 6) is -0.921. The zero-order valence-corrected chi connectivity index (χ0v) is 12.6. The van der Waals surface area contributed by atoms with E-state index in [4.69, 9.17) is 9.84 Å². The number of hydrogen-bond donors (Lipinski definition) is 2. The van der Waals surface area contributed by atoms with Gasteiger partial charge in [-0.25, -0.2) is 4.79 Å². The highest BCUT2D eigenvalue weighted by atomic mass is 19.3. The molecular weight excluding hydrogens is 322 g/mol. The number of halogens is 2. The number of benzene rings is 2. The van der Waals surface area contributed by atoms with E-state index in [0.717, 1.165) is 0 Å². The summed E-state index contributed by atoms with van der Waals surface area (Å²) in [6, 6.07) is 10.4. The minimum atomic E-state index is -2.94. The maximum Gasteiger partial charge on any atom is 0.387 e. The lowest BCUT2D eigenvalue weighted by molar-refractivity contribution is -0.0512. The monoisotopic (exact) mass is 336 g/mol. The van der Waals surface area contributed by atoms with Crippen LogP contribution in [0.5, 0.6) is 11.5 Å². The van der Waals surface area contributed by atoms with Crippen LogP contribution in [0.2, 0.25) is 0 Å². The Hall–Kier alpha value is -3.16. The number of hydrogen-bond acceptors (Lipinski definition) is 5. The number of carboxylic acids is 1. The summed E-state index contributed by atoms with van der Waals surface area (Å²) in [5.41, 5.74) is 4.10. The third-order valence-corrected chi connectivity index (χ3v) is 2.94. The minimum Gasteiger partial charge on any atom is -0.493 e. The molecule has 0 unspecified atom stereocenters. The van der Waals surface area contributed by atoms with Crippen molar-refractivity contribution in [3.63, 3.8) is 0 Å². The molecule has 6 nitrogen and oxygen atoms in total. The van der Waals surface area contributed by atoms with E-state index in [2.05, 4.69) is 15.3 Å².